The third-order valence-electron chi connectivity index (χ3n) is 3.23. The van der Waals surface area contributed by atoms with E-state index in [2.05, 4.69) is 20.4 Å². The first kappa shape index (κ1) is 15.9. The van der Waals surface area contributed by atoms with Crippen molar-refractivity contribution in [1.82, 2.24) is 24.6 Å². The van der Waals surface area contributed by atoms with Crippen LogP contribution < -0.4 is 5.32 Å². The lowest BCUT2D eigenvalue weighted by atomic mass is 10.2. The molecule has 0 aliphatic carbocycles. The molecule has 0 saturated heterocycles. The molecule has 0 aliphatic rings. The second-order valence-corrected chi connectivity index (χ2v) is 5.34. The molecule has 22 heavy (non-hydrogen) atoms. The molecule has 0 fully saturated rings. The van der Waals surface area contributed by atoms with Gasteiger partial charge in [0.15, 0.2) is 0 Å². The predicted molar refractivity (Wildman–Crippen MR) is 84.9 cm³/mol. The lowest BCUT2D eigenvalue weighted by Crippen LogP contribution is -2.21. The zero-order chi connectivity index (χ0) is 16.1. The Kier molecular flexibility index (Phi) is 5.08. The van der Waals surface area contributed by atoms with Gasteiger partial charge in [-0.1, -0.05) is 0 Å². The topological polar surface area (TPSA) is 75.9 Å². The first-order valence-corrected chi connectivity index (χ1v) is 7.27. The summed E-state index contributed by atoms with van der Waals surface area (Å²) in [7, 11) is 3.45. The minimum absolute atomic E-state index is 0.0453. The molecule has 0 spiro atoms. The normalized spacial score (nSPS) is 10.5. The molecule has 2 rings (SSSR count). The van der Waals surface area contributed by atoms with E-state index >= 15 is 0 Å². The molecule has 7 heteroatoms. The molecule has 1 N–H and O–H groups in total. The largest absolute Gasteiger partial charge is 0.370 e. The SMILES string of the molecule is Cc1nc(C)n(CCCNc2ccc(C(=O)N(C)C)cn2)n1. The van der Waals surface area contributed by atoms with Gasteiger partial charge >= 0.3 is 0 Å². The summed E-state index contributed by atoms with van der Waals surface area (Å²) in [6, 6.07) is 3.60. The fraction of sp³-hybridized carbons (Fsp3) is 0.467. The Morgan fingerprint density at radius 1 is 1.32 bits per heavy atom. The van der Waals surface area contributed by atoms with Gasteiger partial charge in [0.1, 0.15) is 17.5 Å². The van der Waals surface area contributed by atoms with Gasteiger partial charge in [0.05, 0.1) is 5.56 Å². The molecule has 0 unspecified atom stereocenters. The molecule has 118 valence electrons. The Labute approximate surface area is 130 Å². The quantitative estimate of drug-likeness (QED) is 0.818. The summed E-state index contributed by atoms with van der Waals surface area (Å²) in [4.78, 5) is 21.8. The van der Waals surface area contributed by atoms with Gasteiger partial charge in [-0.15, -0.1) is 0 Å². The Morgan fingerprint density at radius 3 is 2.64 bits per heavy atom. The highest BCUT2D eigenvalue weighted by Crippen LogP contribution is 2.07. The molecular weight excluding hydrogens is 280 g/mol. The maximum absolute atomic E-state index is 11.8. The van der Waals surface area contributed by atoms with E-state index in [4.69, 9.17) is 0 Å². The average molecular weight is 302 g/mol. The highest BCUT2D eigenvalue weighted by atomic mass is 16.2. The molecule has 0 aliphatic heterocycles. The van der Waals surface area contributed by atoms with Crippen LogP contribution in [0, 0.1) is 13.8 Å². The summed E-state index contributed by atoms with van der Waals surface area (Å²) in [6.45, 7) is 5.45. The Morgan fingerprint density at radius 2 is 2.09 bits per heavy atom. The summed E-state index contributed by atoms with van der Waals surface area (Å²) in [6.07, 6.45) is 2.51. The second-order valence-electron chi connectivity index (χ2n) is 5.34. The van der Waals surface area contributed by atoms with Gasteiger partial charge in [0.2, 0.25) is 0 Å². The van der Waals surface area contributed by atoms with Crippen LogP contribution in [0.15, 0.2) is 18.3 Å². The molecule has 7 nitrogen and oxygen atoms in total. The molecule has 2 heterocycles. The zero-order valence-electron chi connectivity index (χ0n) is 13.5. The van der Waals surface area contributed by atoms with Gasteiger partial charge < -0.3 is 10.2 Å². The lowest BCUT2D eigenvalue weighted by Gasteiger charge is -2.10. The van der Waals surface area contributed by atoms with Gasteiger partial charge in [-0.2, -0.15) is 5.10 Å². The van der Waals surface area contributed by atoms with Crippen molar-refractivity contribution in [3.8, 4) is 0 Å². The number of rotatable bonds is 6. The van der Waals surface area contributed by atoms with Gasteiger partial charge in [0, 0.05) is 33.4 Å². The number of aromatic nitrogens is 4. The van der Waals surface area contributed by atoms with Gasteiger partial charge in [-0.05, 0) is 32.4 Å². The van der Waals surface area contributed by atoms with E-state index in [-0.39, 0.29) is 5.91 Å². The first-order chi connectivity index (χ1) is 10.5. The summed E-state index contributed by atoms with van der Waals surface area (Å²) >= 11 is 0. The fourth-order valence-corrected chi connectivity index (χ4v) is 2.10. The van der Waals surface area contributed by atoms with Crippen molar-refractivity contribution < 1.29 is 4.79 Å². The molecule has 2 aromatic heterocycles. The van der Waals surface area contributed by atoms with Crippen molar-refractivity contribution in [3.63, 3.8) is 0 Å². The smallest absolute Gasteiger partial charge is 0.254 e. The number of hydrogen-bond acceptors (Lipinski definition) is 5. The van der Waals surface area contributed by atoms with Gasteiger partial charge in [-0.25, -0.2) is 9.97 Å². The molecular formula is C15H22N6O. The van der Waals surface area contributed by atoms with Crippen LogP contribution >= 0.6 is 0 Å². The summed E-state index contributed by atoms with van der Waals surface area (Å²) in [5.74, 6) is 2.45. The number of nitrogens with one attached hydrogen (secondary N) is 1. The van der Waals surface area contributed by atoms with Crippen LogP contribution in [0.5, 0.6) is 0 Å². The highest BCUT2D eigenvalue weighted by Gasteiger charge is 2.08. The molecule has 1 amide bonds. The monoisotopic (exact) mass is 302 g/mol. The number of aryl methyl sites for hydroxylation is 3. The molecule has 2 aromatic rings. The van der Waals surface area contributed by atoms with E-state index in [0.717, 1.165) is 37.0 Å². The van der Waals surface area contributed by atoms with E-state index in [1.807, 2.05) is 24.6 Å². The molecule has 0 bridgehead atoms. The first-order valence-electron chi connectivity index (χ1n) is 7.27. The molecule has 0 saturated carbocycles. The second kappa shape index (κ2) is 7.02. The van der Waals surface area contributed by atoms with E-state index in [1.54, 1.807) is 26.4 Å². The van der Waals surface area contributed by atoms with Crippen molar-refractivity contribution in [3.05, 3.63) is 35.5 Å². The summed E-state index contributed by atoms with van der Waals surface area (Å²) in [5.41, 5.74) is 0.587. The Bertz CT molecular complexity index is 632. The standard InChI is InChI=1S/C15H22N6O/c1-11-18-12(2)21(19-11)9-5-8-16-14-7-6-13(10-17-14)15(22)20(3)4/h6-7,10H,5,8-9H2,1-4H3,(H,16,17). The maximum atomic E-state index is 11.8. The van der Waals surface area contributed by atoms with E-state index in [1.165, 1.54) is 4.90 Å². The third kappa shape index (κ3) is 4.03. The molecule has 0 radical (unpaired) electrons. The number of pyridine rings is 1. The Hall–Kier alpha value is -2.44. The predicted octanol–water partition coefficient (Wildman–Crippen LogP) is 1.49. The number of carbonyl (C=O) groups excluding carboxylic acids is 1. The Balaban J connectivity index is 1.80. The number of hydrogen-bond donors (Lipinski definition) is 1. The minimum atomic E-state index is -0.0453. The molecule has 0 aromatic carbocycles. The van der Waals surface area contributed by atoms with Crippen molar-refractivity contribution >= 4 is 11.7 Å². The third-order valence-corrected chi connectivity index (χ3v) is 3.23. The van der Waals surface area contributed by atoms with Crippen LogP contribution in [-0.4, -0.2) is 51.2 Å². The van der Waals surface area contributed by atoms with Crippen LogP contribution in [0.4, 0.5) is 5.82 Å². The fourth-order valence-electron chi connectivity index (χ4n) is 2.10. The molecule has 0 atom stereocenters. The van der Waals surface area contributed by atoms with Crippen LogP contribution in [0.3, 0.4) is 0 Å². The summed E-state index contributed by atoms with van der Waals surface area (Å²) < 4.78 is 1.91. The van der Waals surface area contributed by atoms with Gasteiger partial charge in [0.25, 0.3) is 5.91 Å². The van der Waals surface area contributed by atoms with Crippen LogP contribution in [0.2, 0.25) is 0 Å². The van der Waals surface area contributed by atoms with Crippen LogP contribution in [-0.2, 0) is 6.54 Å². The number of anilines is 1. The van der Waals surface area contributed by atoms with E-state index in [9.17, 15) is 4.79 Å². The number of carbonyl (C=O) groups is 1. The van der Waals surface area contributed by atoms with Crippen molar-refractivity contribution in [2.45, 2.75) is 26.8 Å². The van der Waals surface area contributed by atoms with E-state index < -0.39 is 0 Å². The van der Waals surface area contributed by atoms with Crippen molar-refractivity contribution in [2.75, 3.05) is 26.0 Å². The average Bonchev–Trinajstić information content (AvgIpc) is 2.81. The van der Waals surface area contributed by atoms with Crippen LogP contribution in [0.1, 0.15) is 28.4 Å². The van der Waals surface area contributed by atoms with Gasteiger partial charge in [-0.3, -0.25) is 9.48 Å². The number of amides is 1. The lowest BCUT2D eigenvalue weighted by molar-refractivity contribution is 0.0827. The van der Waals surface area contributed by atoms with Crippen molar-refractivity contribution in [1.29, 1.82) is 0 Å². The maximum Gasteiger partial charge on any atom is 0.254 e. The zero-order valence-corrected chi connectivity index (χ0v) is 13.5. The summed E-state index contributed by atoms with van der Waals surface area (Å²) in [5, 5.41) is 7.56. The van der Waals surface area contributed by atoms with E-state index in [0.29, 0.717) is 5.56 Å². The number of nitrogens with zero attached hydrogens (tertiary/aromatic N) is 5. The van der Waals surface area contributed by atoms with Crippen LogP contribution in [0.25, 0.3) is 0 Å². The minimum Gasteiger partial charge on any atom is -0.370 e. The van der Waals surface area contributed by atoms with Crippen molar-refractivity contribution in [2.24, 2.45) is 0 Å². The highest BCUT2D eigenvalue weighted by molar-refractivity contribution is 5.93.